The molecule has 0 aliphatic rings. The molecular weight excluding hydrogens is 272 g/mol. The summed E-state index contributed by atoms with van der Waals surface area (Å²) in [6, 6.07) is 1.67. The van der Waals surface area contributed by atoms with Gasteiger partial charge in [-0.25, -0.2) is 9.78 Å². The van der Waals surface area contributed by atoms with Gasteiger partial charge in [0.15, 0.2) is 0 Å². The molecule has 0 fully saturated rings. The summed E-state index contributed by atoms with van der Waals surface area (Å²) in [5.41, 5.74) is 0.461. The molecule has 0 aliphatic carbocycles. The van der Waals surface area contributed by atoms with Crippen LogP contribution in [0.1, 0.15) is 24.4 Å². The summed E-state index contributed by atoms with van der Waals surface area (Å²) in [5, 5.41) is 5.22. The van der Waals surface area contributed by atoms with Crippen LogP contribution in [-0.2, 0) is 4.74 Å². The van der Waals surface area contributed by atoms with Crippen molar-refractivity contribution in [1.82, 2.24) is 4.98 Å². The molecule has 94 valence electrons. The van der Waals surface area contributed by atoms with Crippen LogP contribution in [0.15, 0.2) is 17.6 Å². The Morgan fingerprint density at radius 2 is 2.22 bits per heavy atom. The third-order valence-electron chi connectivity index (χ3n) is 2.13. The number of methoxy groups -OCH3 is 1. The third-order valence-corrected chi connectivity index (χ3v) is 3.94. The van der Waals surface area contributed by atoms with Gasteiger partial charge in [0, 0.05) is 0 Å². The molecule has 0 radical (unpaired) electrons. The van der Waals surface area contributed by atoms with E-state index in [1.807, 2.05) is 6.92 Å². The smallest absolute Gasteiger partial charge is 0.350 e. The predicted octanol–water partition coefficient (Wildman–Crippen LogP) is 2.55. The summed E-state index contributed by atoms with van der Waals surface area (Å²) in [4.78, 5) is 28.2. The molecule has 1 amide bonds. The minimum Gasteiger partial charge on any atom is -0.465 e. The van der Waals surface area contributed by atoms with Gasteiger partial charge < -0.3 is 10.1 Å². The highest BCUT2D eigenvalue weighted by Gasteiger charge is 2.17. The molecule has 0 spiro atoms. The summed E-state index contributed by atoms with van der Waals surface area (Å²) in [5.74, 6) is -0.732. The molecule has 1 N–H and O–H groups in total. The lowest BCUT2D eigenvalue weighted by Crippen LogP contribution is -2.12. The first-order chi connectivity index (χ1) is 8.61. The summed E-state index contributed by atoms with van der Waals surface area (Å²) >= 11 is 2.52. The molecule has 18 heavy (non-hydrogen) atoms. The average Bonchev–Trinajstić information content (AvgIpc) is 2.97. The van der Waals surface area contributed by atoms with Crippen LogP contribution in [-0.4, -0.2) is 24.0 Å². The van der Waals surface area contributed by atoms with Gasteiger partial charge in [-0.15, -0.1) is 22.7 Å². The molecule has 2 aromatic rings. The first-order valence-corrected chi connectivity index (χ1v) is 6.71. The summed E-state index contributed by atoms with van der Waals surface area (Å²) < 4.78 is 4.64. The standard InChI is InChI=1S/C11H10N2O3S2/c1-6-12-5-8(18-6)10(14)13-7-3-4-17-9(7)11(15)16-2/h3-5H,1-2H3,(H,13,14). The number of rotatable bonds is 3. The number of hydrogen-bond acceptors (Lipinski definition) is 6. The lowest BCUT2D eigenvalue weighted by molar-refractivity contribution is 0.0607. The highest BCUT2D eigenvalue weighted by molar-refractivity contribution is 7.14. The molecule has 0 bridgehead atoms. The van der Waals surface area contributed by atoms with E-state index in [-0.39, 0.29) is 5.91 Å². The molecule has 0 aromatic carbocycles. The van der Waals surface area contributed by atoms with Crippen molar-refractivity contribution in [2.45, 2.75) is 6.92 Å². The molecule has 0 aliphatic heterocycles. The van der Waals surface area contributed by atoms with Crippen molar-refractivity contribution in [3.8, 4) is 0 Å². The van der Waals surface area contributed by atoms with E-state index >= 15 is 0 Å². The van der Waals surface area contributed by atoms with Gasteiger partial charge in [-0.2, -0.15) is 0 Å². The zero-order valence-corrected chi connectivity index (χ0v) is 11.4. The second kappa shape index (κ2) is 5.28. The summed E-state index contributed by atoms with van der Waals surface area (Å²) in [6.45, 7) is 1.83. The predicted molar refractivity (Wildman–Crippen MR) is 70.5 cm³/mol. The third kappa shape index (κ3) is 2.57. The number of aromatic nitrogens is 1. The average molecular weight is 282 g/mol. The molecule has 0 atom stereocenters. The fourth-order valence-electron chi connectivity index (χ4n) is 1.31. The largest absolute Gasteiger partial charge is 0.465 e. The number of esters is 1. The number of thiophene rings is 1. The maximum atomic E-state index is 11.9. The number of nitrogens with one attached hydrogen (secondary N) is 1. The van der Waals surface area contributed by atoms with Gasteiger partial charge in [0.25, 0.3) is 5.91 Å². The van der Waals surface area contributed by atoms with Gasteiger partial charge in [0.05, 0.1) is 24.0 Å². The van der Waals surface area contributed by atoms with Crippen LogP contribution >= 0.6 is 22.7 Å². The summed E-state index contributed by atoms with van der Waals surface area (Å²) in [7, 11) is 1.31. The van der Waals surface area contributed by atoms with Crippen LogP contribution in [0.2, 0.25) is 0 Å². The number of carbonyl (C=O) groups is 2. The number of nitrogens with zero attached hydrogens (tertiary/aromatic N) is 1. The monoisotopic (exact) mass is 282 g/mol. The van der Waals surface area contributed by atoms with Crippen LogP contribution in [0.4, 0.5) is 5.69 Å². The second-order valence-corrected chi connectivity index (χ2v) is 5.50. The van der Waals surface area contributed by atoms with E-state index in [0.717, 1.165) is 5.01 Å². The van der Waals surface area contributed by atoms with E-state index in [1.165, 1.54) is 36.0 Å². The number of ether oxygens (including phenoxy) is 1. The Labute approximate surface area is 111 Å². The Kier molecular flexibility index (Phi) is 3.73. The Morgan fingerprint density at radius 3 is 2.83 bits per heavy atom. The molecule has 2 aromatic heterocycles. The molecular formula is C11H10N2O3S2. The van der Waals surface area contributed by atoms with Gasteiger partial charge in [-0.1, -0.05) is 0 Å². The maximum Gasteiger partial charge on any atom is 0.350 e. The Balaban J connectivity index is 2.17. The Hall–Kier alpha value is -1.73. The van der Waals surface area contributed by atoms with Gasteiger partial charge in [0.1, 0.15) is 9.75 Å². The minimum atomic E-state index is -0.458. The number of amides is 1. The van der Waals surface area contributed by atoms with E-state index < -0.39 is 5.97 Å². The zero-order valence-electron chi connectivity index (χ0n) is 9.72. The maximum absolute atomic E-state index is 11.9. The van der Waals surface area contributed by atoms with Gasteiger partial charge >= 0.3 is 5.97 Å². The Bertz CT molecular complexity index is 589. The molecule has 7 heteroatoms. The second-order valence-electron chi connectivity index (χ2n) is 3.35. The zero-order chi connectivity index (χ0) is 13.1. The van der Waals surface area contributed by atoms with Gasteiger partial charge in [0.2, 0.25) is 0 Å². The first kappa shape index (κ1) is 12.7. The first-order valence-electron chi connectivity index (χ1n) is 5.01. The SMILES string of the molecule is COC(=O)c1sccc1NC(=O)c1cnc(C)s1. The molecule has 5 nitrogen and oxygen atoms in total. The Morgan fingerprint density at radius 1 is 1.44 bits per heavy atom. The van der Waals surface area contributed by atoms with E-state index in [0.29, 0.717) is 15.4 Å². The van der Waals surface area contributed by atoms with Crippen molar-refractivity contribution in [2.75, 3.05) is 12.4 Å². The highest BCUT2D eigenvalue weighted by atomic mass is 32.1. The van der Waals surface area contributed by atoms with Gasteiger partial charge in [-0.05, 0) is 18.4 Å². The van der Waals surface area contributed by atoms with E-state index in [1.54, 1.807) is 11.4 Å². The quantitative estimate of drug-likeness (QED) is 0.878. The number of hydrogen-bond donors (Lipinski definition) is 1. The fraction of sp³-hybridized carbons (Fsp3) is 0.182. The fourth-order valence-corrected chi connectivity index (χ4v) is 2.75. The van der Waals surface area contributed by atoms with Crippen LogP contribution in [0.5, 0.6) is 0 Å². The van der Waals surface area contributed by atoms with Crippen molar-refractivity contribution in [3.05, 3.63) is 32.4 Å². The van der Waals surface area contributed by atoms with Crippen molar-refractivity contribution in [2.24, 2.45) is 0 Å². The van der Waals surface area contributed by atoms with Crippen molar-refractivity contribution in [3.63, 3.8) is 0 Å². The van der Waals surface area contributed by atoms with Crippen LogP contribution in [0.3, 0.4) is 0 Å². The van der Waals surface area contributed by atoms with E-state index in [2.05, 4.69) is 15.0 Å². The van der Waals surface area contributed by atoms with Crippen molar-refractivity contribution >= 4 is 40.2 Å². The van der Waals surface area contributed by atoms with Crippen LogP contribution in [0.25, 0.3) is 0 Å². The molecule has 2 rings (SSSR count). The number of anilines is 1. The lowest BCUT2D eigenvalue weighted by atomic mass is 10.3. The molecule has 2 heterocycles. The molecule has 0 unspecified atom stereocenters. The van der Waals surface area contributed by atoms with E-state index in [4.69, 9.17) is 0 Å². The number of aryl methyl sites for hydroxylation is 1. The number of carbonyl (C=O) groups excluding carboxylic acids is 2. The number of thiazole rings is 1. The van der Waals surface area contributed by atoms with Crippen LogP contribution < -0.4 is 5.32 Å². The highest BCUT2D eigenvalue weighted by Crippen LogP contribution is 2.24. The van der Waals surface area contributed by atoms with E-state index in [9.17, 15) is 9.59 Å². The lowest BCUT2D eigenvalue weighted by Gasteiger charge is -2.03. The normalized spacial score (nSPS) is 10.1. The van der Waals surface area contributed by atoms with Crippen molar-refractivity contribution in [1.29, 1.82) is 0 Å². The van der Waals surface area contributed by atoms with Crippen molar-refractivity contribution < 1.29 is 14.3 Å². The molecule has 0 saturated carbocycles. The van der Waals surface area contributed by atoms with Crippen LogP contribution in [0, 0.1) is 6.92 Å². The minimum absolute atomic E-state index is 0.274. The molecule has 0 saturated heterocycles. The topological polar surface area (TPSA) is 68.3 Å². The van der Waals surface area contributed by atoms with Gasteiger partial charge in [-0.3, -0.25) is 4.79 Å². The summed E-state index contributed by atoms with van der Waals surface area (Å²) in [6.07, 6.45) is 1.51.